The number of piperidine rings is 1. The number of alkyl halides is 1. The van der Waals surface area contributed by atoms with E-state index < -0.39 is 22.7 Å². The number of nitrogens with zero attached hydrogens (tertiary/aromatic N) is 2. The first kappa shape index (κ1) is 15.6. The minimum absolute atomic E-state index is 0.115. The average Bonchev–Trinajstić information content (AvgIpc) is 2.47. The summed E-state index contributed by atoms with van der Waals surface area (Å²) in [6.45, 7) is 0.202. The zero-order chi connectivity index (χ0) is 15.6. The van der Waals surface area contributed by atoms with Crippen molar-refractivity contribution in [1.29, 1.82) is 0 Å². The highest BCUT2D eigenvalue weighted by atomic mass is 19.1. The maximum atomic E-state index is 14.3. The number of benzene rings is 1. The second-order valence-electron chi connectivity index (χ2n) is 4.78. The predicted molar refractivity (Wildman–Crippen MR) is 71.5 cm³/mol. The molecule has 21 heavy (non-hydrogen) atoms. The smallest absolute Gasteiger partial charge is 0.272 e. The van der Waals surface area contributed by atoms with Crippen LogP contribution in [0.1, 0.15) is 6.42 Å². The molecule has 0 spiro atoms. The fourth-order valence-electron chi connectivity index (χ4n) is 2.50. The third kappa shape index (κ3) is 2.81. The van der Waals surface area contributed by atoms with Crippen LogP contribution in [0.5, 0.6) is 0 Å². The molecule has 1 fully saturated rings. The monoisotopic (exact) mass is 302 g/mol. The van der Waals surface area contributed by atoms with Crippen molar-refractivity contribution in [3.8, 4) is 0 Å². The van der Waals surface area contributed by atoms with Gasteiger partial charge in [0.25, 0.3) is 5.69 Å². The Morgan fingerprint density at radius 3 is 2.57 bits per heavy atom. The normalized spacial score (nSPS) is 21.3. The molecule has 0 bridgehead atoms. The number of rotatable bonds is 4. The van der Waals surface area contributed by atoms with E-state index in [-0.39, 0.29) is 24.3 Å². The minimum Gasteiger partial charge on any atom is -0.366 e. The first-order valence-corrected chi connectivity index (χ1v) is 6.37. The van der Waals surface area contributed by atoms with Gasteiger partial charge in [0.2, 0.25) is 5.79 Å². The zero-order valence-corrected chi connectivity index (χ0v) is 11.7. The SMILES string of the molecule is COC1(OC)CCN(c2ccc([N+](=O)[O-])cc2F)CC1F. The van der Waals surface area contributed by atoms with Crippen molar-refractivity contribution in [3.05, 3.63) is 34.1 Å². The van der Waals surface area contributed by atoms with Crippen LogP contribution in [0.2, 0.25) is 0 Å². The second-order valence-corrected chi connectivity index (χ2v) is 4.78. The molecule has 1 saturated heterocycles. The van der Waals surface area contributed by atoms with Gasteiger partial charge in [-0.2, -0.15) is 0 Å². The van der Waals surface area contributed by atoms with E-state index in [1.165, 1.54) is 31.3 Å². The summed E-state index contributed by atoms with van der Waals surface area (Å²) < 4.78 is 38.4. The molecule has 6 nitrogen and oxygen atoms in total. The van der Waals surface area contributed by atoms with Crippen LogP contribution in [0.25, 0.3) is 0 Å². The molecule has 1 aromatic carbocycles. The Bertz CT molecular complexity index is 537. The van der Waals surface area contributed by atoms with Crippen LogP contribution in [0, 0.1) is 15.9 Å². The number of nitro groups is 1. The zero-order valence-electron chi connectivity index (χ0n) is 11.7. The van der Waals surface area contributed by atoms with E-state index in [1.807, 2.05) is 0 Å². The topological polar surface area (TPSA) is 64.8 Å². The molecular formula is C13H16F2N2O4. The van der Waals surface area contributed by atoms with Crippen LogP contribution >= 0.6 is 0 Å². The lowest BCUT2D eigenvalue weighted by molar-refractivity contribution is -0.385. The van der Waals surface area contributed by atoms with Gasteiger partial charge in [0.15, 0.2) is 12.0 Å². The van der Waals surface area contributed by atoms with E-state index in [0.717, 1.165) is 6.07 Å². The Balaban J connectivity index is 2.20. The van der Waals surface area contributed by atoms with Crippen molar-refractivity contribution in [2.45, 2.75) is 18.4 Å². The molecule has 1 unspecified atom stereocenters. The molecule has 1 aliphatic heterocycles. The Kier molecular flexibility index (Phi) is 4.38. The predicted octanol–water partition coefficient (Wildman–Crippen LogP) is 2.27. The van der Waals surface area contributed by atoms with E-state index in [1.54, 1.807) is 0 Å². The number of nitro benzene ring substituents is 1. The van der Waals surface area contributed by atoms with Crippen LogP contribution < -0.4 is 4.90 Å². The fourth-order valence-corrected chi connectivity index (χ4v) is 2.50. The summed E-state index contributed by atoms with van der Waals surface area (Å²) >= 11 is 0. The van der Waals surface area contributed by atoms with Gasteiger partial charge in [0.1, 0.15) is 0 Å². The summed E-state index contributed by atoms with van der Waals surface area (Å²) in [5.41, 5.74) is -0.211. The molecule has 1 heterocycles. The van der Waals surface area contributed by atoms with E-state index in [4.69, 9.17) is 9.47 Å². The van der Waals surface area contributed by atoms with Crippen LogP contribution in [0.4, 0.5) is 20.2 Å². The summed E-state index contributed by atoms with van der Waals surface area (Å²) in [7, 11) is 2.72. The number of methoxy groups -OCH3 is 2. The highest BCUT2D eigenvalue weighted by molar-refractivity contribution is 5.53. The first-order valence-electron chi connectivity index (χ1n) is 6.37. The van der Waals surface area contributed by atoms with E-state index in [0.29, 0.717) is 6.54 Å². The molecule has 0 N–H and O–H groups in total. The summed E-state index contributed by atoms with van der Waals surface area (Å²) in [4.78, 5) is 11.4. The van der Waals surface area contributed by atoms with Crippen molar-refractivity contribution in [2.75, 3.05) is 32.2 Å². The summed E-state index contributed by atoms with van der Waals surface area (Å²) in [5.74, 6) is -2.08. The third-order valence-corrected chi connectivity index (χ3v) is 3.76. The molecular weight excluding hydrogens is 286 g/mol. The van der Waals surface area contributed by atoms with E-state index in [9.17, 15) is 18.9 Å². The summed E-state index contributed by atoms with van der Waals surface area (Å²) in [6, 6.07) is 3.31. The molecule has 1 aliphatic rings. The van der Waals surface area contributed by atoms with Crippen LogP contribution in [0.3, 0.4) is 0 Å². The maximum absolute atomic E-state index is 14.3. The molecule has 0 saturated carbocycles. The standard InChI is InChI=1S/C13H16F2N2O4/c1-20-13(21-2)5-6-16(8-12(13)15)11-4-3-9(17(18)19)7-10(11)14/h3-4,7,12H,5-6,8H2,1-2H3. The summed E-state index contributed by atoms with van der Waals surface area (Å²) in [5, 5.41) is 10.6. The van der Waals surface area contributed by atoms with Crippen molar-refractivity contribution in [2.24, 2.45) is 0 Å². The maximum Gasteiger partial charge on any atom is 0.272 e. The highest BCUT2D eigenvalue weighted by Crippen LogP contribution is 2.33. The van der Waals surface area contributed by atoms with Gasteiger partial charge in [-0.1, -0.05) is 0 Å². The number of non-ortho nitro benzene ring substituents is 1. The van der Waals surface area contributed by atoms with Gasteiger partial charge in [-0.25, -0.2) is 8.78 Å². The second kappa shape index (κ2) is 5.90. The van der Waals surface area contributed by atoms with Crippen molar-refractivity contribution >= 4 is 11.4 Å². The van der Waals surface area contributed by atoms with Gasteiger partial charge < -0.3 is 14.4 Å². The van der Waals surface area contributed by atoms with Gasteiger partial charge in [0, 0.05) is 33.3 Å². The van der Waals surface area contributed by atoms with Gasteiger partial charge in [-0.3, -0.25) is 10.1 Å². The Labute approximate surface area is 120 Å². The van der Waals surface area contributed by atoms with E-state index >= 15 is 0 Å². The first-order chi connectivity index (χ1) is 9.93. The molecule has 0 amide bonds. The Morgan fingerprint density at radius 1 is 1.43 bits per heavy atom. The lowest BCUT2D eigenvalue weighted by Crippen LogP contribution is -2.56. The lowest BCUT2D eigenvalue weighted by Gasteiger charge is -2.42. The van der Waals surface area contributed by atoms with E-state index in [2.05, 4.69) is 0 Å². The quantitative estimate of drug-likeness (QED) is 0.485. The highest BCUT2D eigenvalue weighted by Gasteiger charge is 2.45. The number of ether oxygens (including phenoxy) is 2. The molecule has 1 aromatic rings. The van der Waals surface area contributed by atoms with Crippen molar-refractivity contribution in [3.63, 3.8) is 0 Å². The van der Waals surface area contributed by atoms with Crippen LogP contribution in [-0.4, -0.2) is 44.2 Å². The molecule has 8 heteroatoms. The van der Waals surface area contributed by atoms with Gasteiger partial charge in [-0.05, 0) is 6.07 Å². The fraction of sp³-hybridized carbons (Fsp3) is 0.538. The molecule has 0 aliphatic carbocycles. The van der Waals surface area contributed by atoms with Gasteiger partial charge in [-0.15, -0.1) is 0 Å². The van der Waals surface area contributed by atoms with Crippen LogP contribution in [-0.2, 0) is 9.47 Å². The molecule has 2 rings (SSSR count). The molecule has 116 valence electrons. The average molecular weight is 302 g/mol. The Hall–Kier alpha value is -1.80. The third-order valence-electron chi connectivity index (χ3n) is 3.76. The van der Waals surface area contributed by atoms with Crippen molar-refractivity contribution in [1.82, 2.24) is 0 Å². The number of hydrogen-bond acceptors (Lipinski definition) is 5. The minimum atomic E-state index is -1.46. The molecule has 1 atom stereocenters. The molecule has 0 radical (unpaired) electrons. The largest absolute Gasteiger partial charge is 0.366 e. The number of halogens is 2. The van der Waals surface area contributed by atoms with Crippen molar-refractivity contribution < 1.29 is 23.2 Å². The van der Waals surface area contributed by atoms with Crippen LogP contribution in [0.15, 0.2) is 18.2 Å². The van der Waals surface area contributed by atoms with Gasteiger partial charge >= 0.3 is 0 Å². The molecule has 0 aromatic heterocycles. The number of hydrogen-bond donors (Lipinski definition) is 0. The lowest BCUT2D eigenvalue weighted by atomic mass is 10.0. The number of anilines is 1. The Morgan fingerprint density at radius 2 is 2.10 bits per heavy atom. The summed E-state index contributed by atoms with van der Waals surface area (Å²) in [6.07, 6.45) is -1.24. The van der Waals surface area contributed by atoms with Gasteiger partial charge in [0.05, 0.1) is 23.2 Å².